The number of fused-ring (bicyclic) bond motifs is 1. The Morgan fingerprint density at radius 3 is 2.68 bits per heavy atom. The van der Waals surface area contributed by atoms with E-state index in [0.29, 0.717) is 17.9 Å². The van der Waals surface area contributed by atoms with Crippen LogP contribution in [0.5, 0.6) is 0 Å². The van der Waals surface area contributed by atoms with Crippen molar-refractivity contribution in [2.24, 2.45) is 0 Å². The van der Waals surface area contributed by atoms with Crippen LogP contribution in [0.15, 0.2) is 6.20 Å². The second-order valence-corrected chi connectivity index (χ2v) is 4.47. The van der Waals surface area contributed by atoms with Gasteiger partial charge in [0.1, 0.15) is 12.2 Å². The third-order valence-electron chi connectivity index (χ3n) is 3.01. The zero-order valence-electron chi connectivity index (χ0n) is 10.3. The number of hydrogen-bond acceptors (Lipinski definition) is 8. The molecule has 6 N–H and O–H groups in total. The van der Waals surface area contributed by atoms with Crippen LogP contribution in [0.25, 0.3) is 0 Å². The van der Waals surface area contributed by atoms with E-state index in [1.54, 1.807) is 0 Å². The van der Waals surface area contributed by atoms with Gasteiger partial charge in [-0.3, -0.25) is 5.32 Å². The number of anilines is 1. The van der Waals surface area contributed by atoms with Crippen LogP contribution < -0.4 is 15.7 Å². The largest absolute Gasteiger partial charge is 0.627 e. The molecule has 9 heteroatoms. The van der Waals surface area contributed by atoms with Gasteiger partial charge in [-0.1, -0.05) is 0 Å². The fourth-order valence-corrected chi connectivity index (χ4v) is 1.74. The molecule has 9 nitrogen and oxygen atoms in total. The van der Waals surface area contributed by atoms with Gasteiger partial charge in [-0.15, -0.1) is 0 Å². The average Bonchev–Trinajstić information content (AvgIpc) is 2.46. The SMILES string of the molecule is [O-][NH+]1CNCc2cnc(NC(CO)(CO)CO)nc21. The maximum atomic E-state index is 11.7. The Morgan fingerprint density at radius 2 is 2.05 bits per heavy atom. The van der Waals surface area contributed by atoms with Gasteiger partial charge in [-0.05, 0) is 0 Å². The summed E-state index contributed by atoms with van der Waals surface area (Å²) >= 11 is 0. The van der Waals surface area contributed by atoms with Crippen molar-refractivity contribution < 1.29 is 20.4 Å². The molecular weight excluding hydrogens is 254 g/mol. The van der Waals surface area contributed by atoms with Gasteiger partial charge in [0.05, 0.1) is 25.4 Å². The Balaban J connectivity index is 2.24. The Hall–Kier alpha value is -1.36. The van der Waals surface area contributed by atoms with Gasteiger partial charge >= 0.3 is 0 Å². The fourth-order valence-electron chi connectivity index (χ4n) is 1.74. The molecule has 0 radical (unpaired) electrons. The van der Waals surface area contributed by atoms with Gasteiger partial charge in [0.15, 0.2) is 0 Å². The number of hydroxylamine groups is 1. The minimum absolute atomic E-state index is 0.0890. The molecule has 0 fully saturated rings. The first kappa shape index (κ1) is 14.1. The summed E-state index contributed by atoms with van der Waals surface area (Å²) in [5.41, 5.74) is -0.617. The molecule has 19 heavy (non-hydrogen) atoms. The van der Waals surface area contributed by atoms with Crippen molar-refractivity contribution in [2.45, 2.75) is 12.1 Å². The fraction of sp³-hybridized carbons (Fsp3) is 0.600. The van der Waals surface area contributed by atoms with Gasteiger partial charge in [0, 0.05) is 12.7 Å². The lowest BCUT2D eigenvalue weighted by molar-refractivity contribution is -0.786. The van der Waals surface area contributed by atoms with E-state index in [4.69, 9.17) is 0 Å². The summed E-state index contributed by atoms with van der Waals surface area (Å²) in [5, 5.41) is 44.8. The van der Waals surface area contributed by atoms with Crippen molar-refractivity contribution in [3.8, 4) is 0 Å². The predicted molar refractivity (Wildman–Crippen MR) is 65.3 cm³/mol. The number of hydrogen-bond donors (Lipinski definition) is 6. The highest BCUT2D eigenvalue weighted by atomic mass is 16.5. The zero-order chi connectivity index (χ0) is 13.9. The summed E-state index contributed by atoms with van der Waals surface area (Å²) in [5.74, 6) is 0.408. The molecule has 1 aromatic heterocycles. The zero-order valence-corrected chi connectivity index (χ0v) is 10.3. The lowest BCUT2D eigenvalue weighted by Crippen LogP contribution is -3.05. The van der Waals surface area contributed by atoms with E-state index < -0.39 is 25.4 Å². The Kier molecular flexibility index (Phi) is 4.24. The highest BCUT2D eigenvalue weighted by Gasteiger charge is 2.29. The van der Waals surface area contributed by atoms with Gasteiger partial charge < -0.3 is 30.9 Å². The van der Waals surface area contributed by atoms with Gasteiger partial charge in [-0.25, -0.2) is 4.98 Å². The van der Waals surface area contributed by atoms with E-state index in [0.717, 1.165) is 0 Å². The third kappa shape index (κ3) is 2.81. The molecule has 0 saturated carbocycles. The van der Waals surface area contributed by atoms with Crippen molar-refractivity contribution in [3.63, 3.8) is 0 Å². The van der Waals surface area contributed by atoms with E-state index in [2.05, 4.69) is 20.6 Å². The number of nitrogens with one attached hydrogen (secondary N) is 3. The summed E-state index contributed by atoms with van der Waals surface area (Å²) < 4.78 is 0. The monoisotopic (exact) mass is 271 g/mol. The lowest BCUT2D eigenvalue weighted by atomic mass is 10.0. The first-order chi connectivity index (χ1) is 9.14. The van der Waals surface area contributed by atoms with Crippen molar-refractivity contribution in [2.75, 3.05) is 31.8 Å². The van der Waals surface area contributed by atoms with Crippen LogP contribution in [0.1, 0.15) is 5.56 Å². The Bertz CT molecular complexity index is 432. The molecule has 0 bridgehead atoms. The first-order valence-corrected chi connectivity index (χ1v) is 5.85. The van der Waals surface area contributed by atoms with Crippen molar-refractivity contribution >= 4 is 11.8 Å². The summed E-state index contributed by atoms with van der Waals surface area (Å²) in [6.45, 7) is -0.733. The minimum atomic E-state index is -1.32. The smallest absolute Gasteiger partial charge is 0.236 e. The third-order valence-corrected chi connectivity index (χ3v) is 3.01. The molecule has 0 aromatic carbocycles. The van der Waals surface area contributed by atoms with Crippen LogP contribution in [0.3, 0.4) is 0 Å². The summed E-state index contributed by atoms with van der Waals surface area (Å²) in [6.07, 6.45) is 1.51. The lowest BCUT2D eigenvalue weighted by Gasteiger charge is -2.30. The molecular formula is C10H17N5O4. The average molecular weight is 271 g/mol. The predicted octanol–water partition coefficient (Wildman–Crippen LogP) is -3.32. The van der Waals surface area contributed by atoms with E-state index in [-0.39, 0.29) is 17.7 Å². The van der Waals surface area contributed by atoms with Gasteiger partial charge in [-0.2, -0.15) is 4.98 Å². The van der Waals surface area contributed by atoms with Crippen LogP contribution >= 0.6 is 0 Å². The van der Waals surface area contributed by atoms with Gasteiger partial charge in [0.25, 0.3) is 0 Å². The Labute approximate surface area is 109 Å². The number of nitrogens with zero attached hydrogens (tertiary/aromatic N) is 2. The molecule has 0 spiro atoms. The molecule has 1 atom stereocenters. The molecule has 1 aliphatic heterocycles. The van der Waals surface area contributed by atoms with Crippen LogP contribution in [0.2, 0.25) is 0 Å². The summed E-state index contributed by atoms with van der Waals surface area (Å²) in [6, 6.07) is 0. The van der Waals surface area contributed by atoms with E-state index in [9.17, 15) is 20.5 Å². The molecule has 0 saturated heterocycles. The van der Waals surface area contributed by atoms with Crippen molar-refractivity contribution in [1.82, 2.24) is 15.3 Å². The standard InChI is InChI=1S/C10H17N5O4/c16-3-10(4-17,5-18)14-9-12-2-7-1-11-6-15(19)8(7)13-9/h2,11,15-18H,1,3-6H2,(H,12,13,14). The second-order valence-electron chi connectivity index (χ2n) is 4.47. The van der Waals surface area contributed by atoms with Crippen molar-refractivity contribution in [1.29, 1.82) is 0 Å². The van der Waals surface area contributed by atoms with Crippen LogP contribution in [-0.4, -0.2) is 57.3 Å². The molecule has 1 unspecified atom stereocenters. The molecule has 1 aromatic rings. The van der Waals surface area contributed by atoms with E-state index in [1.807, 2.05) is 0 Å². The maximum absolute atomic E-state index is 11.7. The number of rotatable bonds is 5. The maximum Gasteiger partial charge on any atom is 0.236 e. The number of aliphatic hydroxyl groups excluding tert-OH is 3. The minimum Gasteiger partial charge on any atom is -0.627 e. The first-order valence-electron chi connectivity index (χ1n) is 5.85. The molecule has 106 valence electrons. The quantitative estimate of drug-likeness (QED) is 0.306. The molecule has 2 rings (SSSR count). The molecule has 1 aliphatic rings. The number of quaternary nitrogens is 1. The summed E-state index contributed by atoms with van der Waals surface area (Å²) in [7, 11) is 0. The van der Waals surface area contributed by atoms with E-state index in [1.165, 1.54) is 6.20 Å². The van der Waals surface area contributed by atoms with Crippen LogP contribution in [0, 0.1) is 5.21 Å². The Morgan fingerprint density at radius 1 is 1.37 bits per heavy atom. The molecule has 2 heterocycles. The molecule has 0 aliphatic carbocycles. The number of aromatic nitrogens is 2. The topological polar surface area (TPSA) is 138 Å². The molecule has 0 amide bonds. The second kappa shape index (κ2) is 5.74. The normalized spacial score (nSPS) is 19.1. The summed E-state index contributed by atoms with van der Waals surface area (Å²) in [4.78, 5) is 8.09. The van der Waals surface area contributed by atoms with Crippen LogP contribution in [-0.2, 0) is 6.54 Å². The van der Waals surface area contributed by atoms with Crippen LogP contribution in [0.4, 0.5) is 11.8 Å². The van der Waals surface area contributed by atoms with E-state index >= 15 is 0 Å². The highest BCUT2D eigenvalue weighted by molar-refractivity contribution is 5.40. The van der Waals surface area contributed by atoms with Gasteiger partial charge in [0.2, 0.25) is 11.8 Å². The van der Waals surface area contributed by atoms with Crippen molar-refractivity contribution in [3.05, 3.63) is 17.0 Å². The number of aliphatic hydroxyl groups is 3. The highest BCUT2D eigenvalue weighted by Crippen LogP contribution is 2.15.